The molecule has 0 saturated carbocycles. The Hall–Kier alpha value is -0.570. The van der Waals surface area contributed by atoms with Crippen LogP contribution in [0.25, 0.3) is 0 Å². The number of hydrogen-bond donors (Lipinski definition) is 0. The van der Waals surface area contributed by atoms with Crippen molar-refractivity contribution < 1.29 is 14.3 Å². The van der Waals surface area contributed by atoms with Crippen LogP contribution in [0.1, 0.15) is 39.5 Å². The molecule has 0 bridgehead atoms. The summed E-state index contributed by atoms with van der Waals surface area (Å²) in [7, 11) is 0. The number of rotatable bonds is 7. The summed E-state index contributed by atoms with van der Waals surface area (Å²) >= 11 is 0. The molecule has 0 aromatic rings. The first-order valence-corrected chi connectivity index (χ1v) is 5.52. The van der Waals surface area contributed by atoms with Gasteiger partial charge in [0.1, 0.15) is 12.7 Å². The van der Waals surface area contributed by atoms with Gasteiger partial charge in [-0.25, -0.2) is 0 Å². The first kappa shape index (κ1) is 11.5. The van der Waals surface area contributed by atoms with Gasteiger partial charge in [0.05, 0.1) is 12.5 Å². The van der Waals surface area contributed by atoms with Gasteiger partial charge in [0.2, 0.25) is 0 Å². The molecule has 3 nitrogen and oxygen atoms in total. The minimum atomic E-state index is -0.0726. The van der Waals surface area contributed by atoms with E-state index in [4.69, 9.17) is 9.47 Å². The van der Waals surface area contributed by atoms with Crippen molar-refractivity contribution in [3.8, 4) is 0 Å². The fourth-order valence-corrected chi connectivity index (χ4v) is 1.30. The fraction of sp³-hybridized carbons (Fsp3) is 0.909. The number of esters is 1. The van der Waals surface area contributed by atoms with Crippen LogP contribution in [0.2, 0.25) is 0 Å². The van der Waals surface area contributed by atoms with Crippen LogP contribution in [0.4, 0.5) is 0 Å². The maximum atomic E-state index is 11.4. The third-order valence-corrected chi connectivity index (χ3v) is 2.46. The molecule has 0 N–H and O–H groups in total. The minimum absolute atomic E-state index is 0.0419. The van der Waals surface area contributed by atoms with Crippen LogP contribution in [0.3, 0.4) is 0 Å². The van der Waals surface area contributed by atoms with E-state index in [1.54, 1.807) is 0 Å². The summed E-state index contributed by atoms with van der Waals surface area (Å²) < 4.78 is 10.1. The highest BCUT2D eigenvalue weighted by molar-refractivity contribution is 5.71. The largest absolute Gasteiger partial charge is 0.463 e. The Kier molecular flexibility index (Phi) is 4.94. The summed E-state index contributed by atoms with van der Waals surface area (Å²) in [5.74, 6) is -0.0306. The average Bonchev–Trinajstić information content (AvgIpc) is 2.98. The molecule has 3 heteroatoms. The Bertz CT molecular complexity index is 175. The smallest absolute Gasteiger partial charge is 0.308 e. The van der Waals surface area contributed by atoms with Gasteiger partial charge in [-0.15, -0.1) is 0 Å². The van der Waals surface area contributed by atoms with Crippen LogP contribution in [0, 0.1) is 5.92 Å². The van der Waals surface area contributed by atoms with Crippen molar-refractivity contribution in [3.05, 3.63) is 0 Å². The Labute approximate surface area is 85.8 Å². The number of carbonyl (C=O) groups is 1. The fourth-order valence-electron chi connectivity index (χ4n) is 1.30. The Morgan fingerprint density at radius 3 is 2.86 bits per heavy atom. The third-order valence-electron chi connectivity index (χ3n) is 2.46. The molecular formula is C11H20O3. The number of ether oxygens (including phenoxy) is 2. The third kappa shape index (κ3) is 4.61. The van der Waals surface area contributed by atoms with Crippen LogP contribution in [-0.2, 0) is 14.3 Å². The van der Waals surface area contributed by atoms with E-state index >= 15 is 0 Å². The minimum Gasteiger partial charge on any atom is -0.463 e. The molecule has 1 rings (SSSR count). The van der Waals surface area contributed by atoms with Crippen molar-refractivity contribution in [1.29, 1.82) is 0 Å². The molecule has 14 heavy (non-hydrogen) atoms. The van der Waals surface area contributed by atoms with Crippen molar-refractivity contribution in [1.82, 2.24) is 0 Å². The van der Waals surface area contributed by atoms with Crippen molar-refractivity contribution >= 4 is 5.97 Å². The summed E-state index contributed by atoms with van der Waals surface area (Å²) in [5.41, 5.74) is 0. The molecular weight excluding hydrogens is 180 g/mol. The molecule has 82 valence electrons. The standard InChI is InChI=1S/C11H20O3/c1-3-4-5-6-9(2)11(12)14-8-10-7-13-10/h9-10H,3-8H2,1-2H3. The average molecular weight is 200 g/mol. The van der Waals surface area contributed by atoms with E-state index in [2.05, 4.69) is 6.92 Å². The van der Waals surface area contributed by atoms with Gasteiger partial charge in [0, 0.05) is 0 Å². The van der Waals surface area contributed by atoms with E-state index in [-0.39, 0.29) is 18.0 Å². The lowest BCUT2D eigenvalue weighted by molar-refractivity contribution is -0.148. The number of carbonyl (C=O) groups excluding carboxylic acids is 1. The molecule has 2 unspecified atom stereocenters. The zero-order valence-corrected chi connectivity index (χ0v) is 9.12. The van der Waals surface area contributed by atoms with Gasteiger partial charge in [-0.05, 0) is 6.42 Å². The number of unbranched alkanes of at least 4 members (excludes halogenated alkanes) is 2. The van der Waals surface area contributed by atoms with Crippen molar-refractivity contribution in [3.63, 3.8) is 0 Å². The van der Waals surface area contributed by atoms with E-state index in [1.807, 2.05) is 6.92 Å². The predicted octanol–water partition coefficient (Wildman–Crippen LogP) is 2.14. The molecule has 1 heterocycles. The lowest BCUT2D eigenvalue weighted by Gasteiger charge is -2.09. The van der Waals surface area contributed by atoms with Gasteiger partial charge in [-0.2, -0.15) is 0 Å². The quantitative estimate of drug-likeness (QED) is 0.359. The molecule has 0 aromatic heterocycles. The Morgan fingerprint density at radius 2 is 2.29 bits per heavy atom. The Morgan fingerprint density at radius 1 is 1.57 bits per heavy atom. The van der Waals surface area contributed by atoms with Gasteiger partial charge in [-0.3, -0.25) is 4.79 Å². The SMILES string of the molecule is CCCCCC(C)C(=O)OCC1CO1. The zero-order chi connectivity index (χ0) is 10.4. The maximum absolute atomic E-state index is 11.4. The highest BCUT2D eigenvalue weighted by atomic mass is 16.6. The molecule has 0 spiro atoms. The predicted molar refractivity (Wildman–Crippen MR) is 54.0 cm³/mol. The highest BCUT2D eigenvalue weighted by Crippen LogP contribution is 2.13. The molecule has 1 aliphatic rings. The molecule has 2 atom stereocenters. The van der Waals surface area contributed by atoms with Crippen LogP contribution in [0.15, 0.2) is 0 Å². The van der Waals surface area contributed by atoms with E-state index in [1.165, 1.54) is 12.8 Å². The van der Waals surface area contributed by atoms with E-state index < -0.39 is 0 Å². The molecule has 1 aliphatic heterocycles. The topological polar surface area (TPSA) is 38.8 Å². The molecule has 1 fully saturated rings. The van der Waals surface area contributed by atoms with Crippen LogP contribution in [-0.4, -0.2) is 25.3 Å². The first-order chi connectivity index (χ1) is 6.74. The van der Waals surface area contributed by atoms with Gasteiger partial charge >= 0.3 is 5.97 Å². The molecule has 1 saturated heterocycles. The molecule has 0 aromatic carbocycles. The van der Waals surface area contributed by atoms with Crippen molar-refractivity contribution in [2.45, 2.75) is 45.6 Å². The van der Waals surface area contributed by atoms with Crippen LogP contribution >= 0.6 is 0 Å². The van der Waals surface area contributed by atoms with Crippen molar-refractivity contribution in [2.24, 2.45) is 5.92 Å². The monoisotopic (exact) mass is 200 g/mol. The second-order valence-electron chi connectivity index (χ2n) is 3.98. The van der Waals surface area contributed by atoms with Gasteiger partial charge in [-0.1, -0.05) is 33.1 Å². The van der Waals surface area contributed by atoms with E-state index in [9.17, 15) is 4.79 Å². The Balaban J connectivity index is 2.02. The van der Waals surface area contributed by atoms with Gasteiger partial charge in [0.25, 0.3) is 0 Å². The summed E-state index contributed by atoms with van der Waals surface area (Å²) in [6.07, 6.45) is 4.63. The number of epoxide rings is 1. The first-order valence-electron chi connectivity index (χ1n) is 5.52. The summed E-state index contributed by atoms with van der Waals surface area (Å²) in [4.78, 5) is 11.4. The van der Waals surface area contributed by atoms with Crippen LogP contribution < -0.4 is 0 Å². The van der Waals surface area contributed by atoms with E-state index in [0.717, 1.165) is 19.4 Å². The van der Waals surface area contributed by atoms with Crippen LogP contribution in [0.5, 0.6) is 0 Å². The summed E-state index contributed by atoms with van der Waals surface area (Å²) in [5, 5.41) is 0. The lowest BCUT2D eigenvalue weighted by atomic mass is 10.0. The zero-order valence-electron chi connectivity index (χ0n) is 9.12. The normalized spacial score (nSPS) is 21.7. The highest BCUT2D eigenvalue weighted by Gasteiger charge is 2.25. The van der Waals surface area contributed by atoms with Gasteiger partial charge in [0.15, 0.2) is 0 Å². The lowest BCUT2D eigenvalue weighted by Crippen LogP contribution is -2.17. The summed E-state index contributed by atoms with van der Waals surface area (Å²) in [6, 6.07) is 0. The maximum Gasteiger partial charge on any atom is 0.308 e. The summed E-state index contributed by atoms with van der Waals surface area (Å²) in [6.45, 7) is 5.29. The number of hydrogen-bond acceptors (Lipinski definition) is 3. The van der Waals surface area contributed by atoms with Gasteiger partial charge < -0.3 is 9.47 Å². The molecule has 0 aliphatic carbocycles. The second kappa shape index (κ2) is 6.02. The molecule has 0 radical (unpaired) electrons. The second-order valence-corrected chi connectivity index (χ2v) is 3.98. The molecule has 0 amide bonds. The van der Waals surface area contributed by atoms with E-state index in [0.29, 0.717) is 6.61 Å². The van der Waals surface area contributed by atoms with Crippen molar-refractivity contribution in [2.75, 3.05) is 13.2 Å².